The lowest BCUT2D eigenvalue weighted by Gasteiger charge is -2.06. The van der Waals surface area contributed by atoms with Gasteiger partial charge >= 0.3 is 5.97 Å². The molecule has 0 fully saturated rings. The Balaban J connectivity index is 2.60. The number of amides is 2. The second-order valence-electron chi connectivity index (χ2n) is 5.12. The van der Waals surface area contributed by atoms with Crippen LogP contribution in [0.2, 0.25) is 0 Å². The number of allylic oxidation sites excluding steroid dienone is 3. The van der Waals surface area contributed by atoms with Gasteiger partial charge in [-0.05, 0) is 37.3 Å². The van der Waals surface area contributed by atoms with Crippen LogP contribution in [0.5, 0.6) is 0 Å². The van der Waals surface area contributed by atoms with Crippen molar-refractivity contribution in [3.63, 3.8) is 0 Å². The second-order valence-corrected chi connectivity index (χ2v) is 5.12. The van der Waals surface area contributed by atoms with Crippen molar-refractivity contribution in [2.24, 2.45) is 0 Å². The van der Waals surface area contributed by atoms with Crippen molar-refractivity contribution in [2.45, 2.75) is 20.3 Å². The Morgan fingerprint density at radius 3 is 2.29 bits per heavy atom. The van der Waals surface area contributed by atoms with Crippen LogP contribution in [-0.4, -0.2) is 22.9 Å². The highest BCUT2D eigenvalue weighted by Gasteiger charge is 2.05. The number of carbonyl (C=O) groups is 3. The summed E-state index contributed by atoms with van der Waals surface area (Å²) in [7, 11) is 0. The van der Waals surface area contributed by atoms with Gasteiger partial charge in [0.1, 0.15) is 0 Å². The zero-order chi connectivity index (χ0) is 18.1. The summed E-state index contributed by atoms with van der Waals surface area (Å²) >= 11 is 0. The van der Waals surface area contributed by atoms with E-state index < -0.39 is 5.97 Å². The molecular weight excluding hydrogens is 308 g/mol. The molecule has 0 aromatic heterocycles. The molecule has 0 aliphatic heterocycles. The average Bonchev–Trinajstić information content (AvgIpc) is 2.51. The fourth-order valence-electron chi connectivity index (χ4n) is 1.72. The molecule has 3 N–H and O–H groups in total. The molecule has 1 aromatic carbocycles. The van der Waals surface area contributed by atoms with Crippen LogP contribution in [0.1, 0.15) is 30.6 Å². The number of hydrogen-bond donors (Lipinski definition) is 3. The van der Waals surface area contributed by atoms with Gasteiger partial charge in [-0.25, -0.2) is 0 Å². The van der Waals surface area contributed by atoms with Crippen LogP contribution in [0.15, 0.2) is 60.3 Å². The summed E-state index contributed by atoms with van der Waals surface area (Å²) in [6.45, 7) is 6.89. The standard InChI is InChI=1S/C18H20N2O4/c1-12(5-11-17(22)23)4-6-13(2)19-18(24)15-7-9-16(10-8-15)20-14(3)21/h4-10H,2,11H2,1,3H3,(H,19,24)(H,20,21)(H,22,23)/b6-4-,12-5-. The van der Waals surface area contributed by atoms with Crippen LogP contribution >= 0.6 is 0 Å². The molecular formula is C18H20N2O4. The highest BCUT2D eigenvalue weighted by Crippen LogP contribution is 2.10. The van der Waals surface area contributed by atoms with Gasteiger partial charge in [0.2, 0.25) is 5.91 Å². The summed E-state index contributed by atoms with van der Waals surface area (Å²) < 4.78 is 0. The maximum absolute atomic E-state index is 12.1. The fourth-order valence-corrected chi connectivity index (χ4v) is 1.72. The Hall–Kier alpha value is -3.15. The molecule has 6 nitrogen and oxygen atoms in total. The molecule has 1 aromatic rings. The van der Waals surface area contributed by atoms with Crippen LogP contribution < -0.4 is 10.6 Å². The summed E-state index contributed by atoms with van der Waals surface area (Å²) in [5.74, 6) is -1.42. The number of rotatable bonds is 7. The van der Waals surface area contributed by atoms with Crippen molar-refractivity contribution >= 4 is 23.5 Å². The fraction of sp³-hybridized carbons (Fsp3) is 0.167. The molecule has 0 saturated carbocycles. The molecule has 0 saturated heterocycles. The molecule has 1 rings (SSSR count). The Bertz CT molecular complexity index is 700. The lowest BCUT2D eigenvalue weighted by atomic mass is 10.2. The first kappa shape index (κ1) is 18.9. The predicted octanol–water partition coefficient (Wildman–Crippen LogP) is 2.87. The molecule has 6 heteroatoms. The molecule has 0 atom stereocenters. The number of carboxylic acids is 1. The van der Waals surface area contributed by atoms with Gasteiger partial charge in [0.05, 0.1) is 6.42 Å². The van der Waals surface area contributed by atoms with E-state index in [-0.39, 0.29) is 18.2 Å². The normalized spacial score (nSPS) is 11.2. The monoisotopic (exact) mass is 328 g/mol. The van der Waals surface area contributed by atoms with Crippen molar-refractivity contribution in [3.8, 4) is 0 Å². The van der Waals surface area contributed by atoms with Gasteiger partial charge in [-0.1, -0.05) is 24.3 Å². The largest absolute Gasteiger partial charge is 0.481 e. The van der Waals surface area contributed by atoms with Crippen LogP contribution in [0, 0.1) is 0 Å². The Morgan fingerprint density at radius 2 is 1.75 bits per heavy atom. The molecule has 0 unspecified atom stereocenters. The van der Waals surface area contributed by atoms with Crippen molar-refractivity contribution in [1.82, 2.24) is 5.32 Å². The summed E-state index contributed by atoms with van der Waals surface area (Å²) in [5, 5.41) is 13.8. The van der Waals surface area contributed by atoms with E-state index in [0.717, 1.165) is 5.57 Å². The first-order chi connectivity index (χ1) is 11.3. The van der Waals surface area contributed by atoms with E-state index in [2.05, 4.69) is 17.2 Å². The molecule has 0 spiro atoms. The number of hydrogen-bond acceptors (Lipinski definition) is 3. The van der Waals surface area contributed by atoms with E-state index >= 15 is 0 Å². The molecule has 24 heavy (non-hydrogen) atoms. The lowest BCUT2D eigenvalue weighted by molar-refractivity contribution is -0.136. The van der Waals surface area contributed by atoms with E-state index in [1.807, 2.05) is 0 Å². The number of nitrogens with one attached hydrogen (secondary N) is 2. The number of carbonyl (C=O) groups excluding carboxylic acids is 2. The van der Waals surface area contributed by atoms with Gasteiger partial charge in [0, 0.05) is 23.9 Å². The summed E-state index contributed by atoms with van der Waals surface area (Å²) in [6, 6.07) is 6.45. The van der Waals surface area contributed by atoms with Crippen molar-refractivity contribution in [1.29, 1.82) is 0 Å². The molecule has 2 amide bonds. The van der Waals surface area contributed by atoms with Crippen LogP contribution in [0.3, 0.4) is 0 Å². The molecule has 126 valence electrons. The predicted molar refractivity (Wildman–Crippen MR) is 92.5 cm³/mol. The van der Waals surface area contributed by atoms with Gasteiger partial charge in [-0.2, -0.15) is 0 Å². The smallest absolute Gasteiger partial charge is 0.307 e. The second kappa shape index (κ2) is 9.09. The first-order valence-electron chi connectivity index (χ1n) is 7.22. The van der Waals surface area contributed by atoms with Crippen molar-refractivity contribution < 1.29 is 19.5 Å². The van der Waals surface area contributed by atoms with Gasteiger partial charge in [-0.3, -0.25) is 14.4 Å². The zero-order valence-corrected chi connectivity index (χ0v) is 13.6. The highest BCUT2D eigenvalue weighted by molar-refractivity contribution is 5.96. The zero-order valence-electron chi connectivity index (χ0n) is 13.6. The maximum Gasteiger partial charge on any atom is 0.307 e. The van der Waals surface area contributed by atoms with E-state index in [1.54, 1.807) is 49.4 Å². The summed E-state index contributed by atoms with van der Waals surface area (Å²) in [4.78, 5) is 33.5. The Kier molecular flexibility index (Phi) is 7.16. The SMILES string of the molecule is C=C(/C=C\C(C)=C/CC(=O)O)NC(=O)c1ccc(NC(C)=O)cc1. The van der Waals surface area contributed by atoms with Crippen LogP contribution in [0.25, 0.3) is 0 Å². The topological polar surface area (TPSA) is 95.5 Å². The minimum atomic E-state index is -0.905. The molecule has 0 heterocycles. The molecule has 0 aliphatic carbocycles. The van der Waals surface area contributed by atoms with E-state index in [0.29, 0.717) is 16.9 Å². The van der Waals surface area contributed by atoms with Crippen LogP contribution in [0.4, 0.5) is 5.69 Å². The average molecular weight is 328 g/mol. The summed E-state index contributed by atoms with van der Waals surface area (Å²) in [5.41, 5.74) is 2.18. The Morgan fingerprint density at radius 1 is 1.12 bits per heavy atom. The van der Waals surface area contributed by atoms with Gasteiger partial charge < -0.3 is 15.7 Å². The quantitative estimate of drug-likeness (QED) is 0.671. The molecule has 0 radical (unpaired) electrons. The number of benzene rings is 1. The Labute approximate surface area is 140 Å². The van der Waals surface area contributed by atoms with Crippen molar-refractivity contribution in [2.75, 3.05) is 5.32 Å². The maximum atomic E-state index is 12.1. The third-order valence-electron chi connectivity index (χ3n) is 2.89. The first-order valence-corrected chi connectivity index (χ1v) is 7.22. The van der Waals surface area contributed by atoms with Gasteiger partial charge in [-0.15, -0.1) is 0 Å². The van der Waals surface area contributed by atoms with E-state index in [4.69, 9.17) is 5.11 Å². The van der Waals surface area contributed by atoms with Gasteiger partial charge in [0.25, 0.3) is 5.91 Å². The molecule has 0 aliphatic rings. The third kappa shape index (κ3) is 7.22. The minimum absolute atomic E-state index is 0.0599. The lowest BCUT2D eigenvalue weighted by Crippen LogP contribution is -2.21. The summed E-state index contributed by atoms with van der Waals surface area (Å²) in [6.07, 6.45) is 4.77. The highest BCUT2D eigenvalue weighted by atomic mass is 16.4. The van der Waals surface area contributed by atoms with E-state index in [1.165, 1.54) is 6.92 Å². The van der Waals surface area contributed by atoms with Gasteiger partial charge in [0.15, 0.2) is 0 Å². The van der Waals surface area contributed by atoms with Crippen LogP contribution in [-0.2, 0) is 9.59 Å². The van der Waals surface area contributed by atoms with E-state index in [9.17, 15) is 14.4 Å². The third-order valence-corrected chi connectivity index (χ3v) is 2.89. The van der Waals surface area contributed by atoms with Crippen molar-refractivity contribution in [3.05, 3.63) is 65.9 Å². The number of carboxylic acid groups (broad SMARTS) is 1. The minimum Gasteiger partial charge on any atom is -0.481 e. The number of anilines is 1. The number of aliphatic carboxylic acids is 1. The molecule has 0 bridgehead atoms.